The molecule has 63 heavy (non-hydrogen) atoms. The zero-order valence-electron chi connectivity index (χ0n) is 33.8. The SMILES string of the molecule is O=C1CCC(N2Cc3cc(C(O)CCN4CCN(c5ccc(-c6cnc7[nH]cc(C(=O)c8c(F)ccc(NS(=O)(=O)N9CCC(F)C9)c8F)c7c6)cc5)CC4)ccc3C2=O)C(=O)N1. The van der Waals surface area contributed by atoms with Crippen LogP contribution in [0.5, 0.6) is 0 Å². The fourth-order valence-electron chi connectivity index (χ4n) is 8.80. The number of aliphatic hydroxyl groups excluding tert-OH is 1. The summed E-state index contributed by atoms with van der Waals surface area (Å²) in [6, 6.07) is 15.7. The van der Waals surface area contributed by atoms with Crippen molar-refractivity contribution in [3.8, 4) is 11.1 Å². The third-order valence-corrected chi connectivity index (χ3v) is 13.8. The van der Waals surface area contributed by atoms with Crippen LogP contribution < -0.4 is 14.9 Å². The van der Waals surface area contributed by atoms with Gasteiger partial charge in [0.2, 0.25) is 17.6 Å². The largest absolute Gasteiger partial charge is 0.388 e. The zero-order valence-corrected chi connectivity index (χ0v) is 34.6. The Kier molecular flexibility index (Phi) is 11.3. The van der Waals surface area contributed by atoms with Crippen LogP contribution in [0, 0.1) is 11.6 Å². The van der Waals surface area contributed by atoms with Gasteiger partial charge in [-0.3, -0.25) is 34.1 Å². The molecule has 3 unspecified atom stereocenters. The number of aromatic nitrogens is 2. The Bertz CT molecular complexity index is 2760. The van der Waals surface area contributed by atoms with Gasteiger partial charge in [-0.1, -0.05) is 24.3 Å². The number of imide groups is 1. The van der Waals surface area contributed by atoms with Gasteiger partial charge in [0.15, 0.2) is 5.82 Å². The fourth-order valence-corrected chi connectivity index (χ4v) is 10.1. The van der Waals surface area contributed by atoms with Crippen LogP contribution >= 0.6 is 0 Å². The number of pyridine rings is 1. The number of ketones is 1. The summed E-state index contributed by atoms with van der Waals surface area (Å²) in [6.45, 7) is 3.45. The lowest BCUT2D eigenvalue weighted by molar-refractivity contribution is -0.136. The third-order valence-electron chi connectivity index (χ3n) is 12.4. The zero-order chi connectivity index (χ0) is 44.2. The maximum absolute atomic E-state index is 15.7. The van der Waals surface area contributed by atoms with Crippen LogP contribution in [0.25, 0.3) is 22.2 Å². The van der Waals surface area contributed by atoms with Gasteiger partial charge in [0.05, 0.1) is 17.4 Å². The molecule has 328 valence electrons. The summed E-state index contributed by atoms with van der Waals surface area (Å²) in [4.78, 5) is 64.1. The van der Waals surface area contributed by atoms with E-state index in [1.165, 1.54) is 11.1 Å². The molecule has 0 spiro atoms. The number of hydrogen-bond acceptors (Lipinski definition) is 10. The van der Waals surface area contributed by atoms with Crippen molar-refractivity contribution in [1.82, 2.24) is 29.4 Å². The van der Waals surface area contributed by atoms with Crippen LogP contribution in [0.3, 0.4) is 0 Å². The predicted molar refractivity (Wildman–Crippen MR) is 226 cm³/mol. The Labute approximate surface area is 360 Å². The lowest BCUT2D eigenvalue weighted by Gasteiger charge is -2.36. The minimum Gasteiger partial charge on any atom is -0.388 e. The molecule has 19 heteroatoms. The minimum atomic E-state index is -4.37. The number of amides is 3. The van der Waals surface area contributed by atoms with Gasteiger partial charge in [-0.05, 0) is 72.4 Å². The van der Waals surface area contributed by atoms with Crippen molar-refractivity contribution in [1.29, 1.82) is 0 Å². The van der Waals surface area contributed by atoms with E-state index < -0.39 is 69.6 Å². The summed E-state index contributed by atoms with van der Waals surface area (Å²) in [7, 11) is -4.37. The lowest BCUT2D eigenvalue weighted by Crippen LogP contribution is -2.52. The number of hydrogen-bond donors (Lipinski definition) is 4. The van der Waals surface area contributed by atoms with Crippen LogP contribution in [-0.2, 0) is 26.3 Å². The molecule has 3 saturated heterocycles. The minimum absolute atomic E-state index is 0.00553. The molecule has 2 aromatic heterocycles. The molecule has 5 aromatic rings. The average molecular weight is 885 g/mol. The Morgan fingerprint density at radius 2 is 1.73 bits per heavy atom. The maximum atomic E-state index is 15.7. The molecule has 4 N–H and O–H groups in total. The van der Waals surface area contributed by atoms with Gasteiger partial charge in [-0.15, -0.1) is 0 Å². The number of piperidine rings is 1. The Morgan fingerprint density at radius 3 is 2.46 bits per heavy atom. The number of H-pyrrole nitrogens is 1. The van der Waals surface area contributed by atoms with Gasteiger partial charge < -0.3 is 19.9 Å². The van der Waals surface area contributed by atoms with Crippen LogP contribution in [0.2, 0.25) is 0 Å². The number of aliphatic hydroxyl groups is 1. The summed E-state index contributed by atoms with van der Waals surface area (Å²) in [5, 5.41) is 13.7. The van der Waals surface area contributed by atoms with E-state index in [0.717, 1.165) is 59.4 Å². The number of carbonyl (C=O) groups is 4. The first-order valence-electron chi connectivity index (χ1n) is 20.7. The summed E-state index contributed by atoms with van der Waals surface area (Å²) in [5.74, 6) is -4.67. The number of carbonyl (C=O) groups excluding carboxylic acids is 4. The number of nitrogens with zero attached hydrogens (tertiary/aromatic N) is 5. The van der Waals surface area contributed by atoms with Crippen LogP contribution in [0.1, 0.15) is 69.2 Å². The van der Waals surface area contributed by atoms with Gasteiger partial charge in [-0.25, -0.2) is 18.2 Å². The highest BCUT2D eigenvalue weighted by Crippen LogP contribution is 2.33. The molecule has 3 fully saturated rings. The number of rotatable bonds is 12. The third kappa shape index (κ3) is 8.28. The second kappa shape index (κ2) is 16.9. The highest BCUT2D eigenvalue weighted by molar-refractivity contribution is 7.90. The molecule has 4 aliphatic rings. The summed E-state index contributed by atoms with van der Waals surface area (Å²) < 4.78 is 73.0. The summed E-state index contributed by atoms with van der Waals surface area (Å²) >= 11 is 0. The van der Waals surface area contributed by atoms with Gasteiger partial charge in [-0.2, -0.15) is 12.7 Å². The molecule has 3 aromatic carbocycles. The Balaban J connectivity index is 0.807. The summed E-state index contributed by atoms with van der Waals surface area (Å²) in [5.41, 5.74) is 3.02. The summed E-state index contributed by atoms with van der Waals surface area (Å²) in [6.07, 6.45) is 1.76. The number of piperazine rings is 1. The first-order chi connectivity index (χ1) is 30.2. The highest BCUT2D eigenvalue weighted by Gasteiger charge is 2.39. The molecule has 4 aliphatic heterocycles. The van der Waals surface area contributed by atoms with Crippen molar-refractivity contribution in [3.63, 3.8) is 0 Å². The van der Waals surface area contributed by atoms with E-state index in [-0.39, 0.29) is 49.7 Å². The van der Waals surface area contributed by atoms with Gasteiger partial charge >= 0.3 is 10.2 Å². The topological polar surface area (TPSA) is 188 Å². The normalized spacial score (nSPS) is 20.3. The quantitative estimate of drug-likeness (QED) is 0.103. The lowest BCUT2D eigenvalue weighted by atomic mass is 9.99. The van der Waals surface area contributed by atoms with Gasteiger partial charge in [0.1, 0.15) is 23.7 Å². The van der Waals surface area contributed by atoms with Gasteiger partial charge in [0, 0.05) is 98.9 Å². The molecular weight excluding hydrogens is 842 g/mol. The number of anilines is 2. The van der Waals surface area contributed by atoms with E-state index in [1.54, 1.807) is 24.4 Å². The molecule has 0 saturated carbocycles. The van der Waals surface area contributed by atoms with E-state index in [9.17, 15) is 37.1 Å². The van der Waals surface area contributed by atoms with Crippen molar-refractivity contribution in [2.45, 2.75) is 50.5 Å². The van der Waals surface area contributed by atoms with Crippen LogP contribution in [0.4, 0.5) is 24.5 Å². The number of halogens is 3. The number of benzene rings is 3. The van der Waals surface area contributed by atoms with E-state index in [4.69, 9.17) is 0 Å². The molecule has 0 bridgehead atoms. The standard InChI is InChI=1S/C44H43F3N8O7S/c45-29-11-14-54(24-29)63(61,62)51-35-8-7-34(46)39(40(35)47)41(58)33-22-49-42-32(33)20-27(21-48-42)25-1-4-30(5-2-25)53-17-15-52(16-18-53)13-12-37(56)26-3-6-31-28(19-26)23-55(44(31)60)36-9-10-38(57)50-43(36)59/h1-8,19-22,29,36-37,51,56H,9-18,23-24H2,(H,48,49)(H,50,57,59). The molecule has 0 radical (unpaired) electrons. The smallest absolute Gasteiger partial charge is 0.301 e. The maximum Gasteiger partial charge on any atom is 0.301 e. The first-order valence-corrected chi connectivity index (χ1v) is 22.1. The highest BCUT2D eigenvalue weighted by atomic mass is 32.2. The van der Waals surface area contributed by atoms with Crippen LogP contribution in [-0.4, -0.2) is 119 Å². The molecule has 6 heterocycles. The molecule has 9 rings (SSSR count). The number of aromatic amines is 1. The molecule has 3 atom stereocenters. The Hall–Kier alpha value is -6.15. The van der Waals surface area contributed by atoms with Crippen LogP contribution in [0.15, 0.2) is 73.1 Å². The number of alkyl halides is 1. The van der Waals surface area contributed by atoms with E-state index in [1.807, 2.05) is 35.1 Å². The average Bonchev–Trinajstić information content (AvgIpc) is 4.00. The van der Waals surface area contributed by atoms with Crippen molar-refractivity contribution < 1.29 is 45.9 Å². The molecule has 0 aliphatic carbocycles. The first kappa shape index (κ1) is 42.2. The molecule has 15 nitrogen and oxygen atoms in total. The second-order valence-corrected chi connectivity index (χ2v) is 18.0. The van der Waals surface area contributed by atoms with Crippen molar-refractivity contribution in [2.24, 2.45) is 0 Å². The van der Waals surface area contributed by atoms with Crippen molar-refractivity contribution in [3.05, 3.63) is 113 Å². The van der Waals surface area contributed by atoms with Crippen molar-refractivity contribution >= 4 is 56.1 Å². The Morgan fingerprint density at radius 1 is 0.952 bits per heavy atom. The van der Waals surface area contributed by atoms with E-state index in [0.29, 0.717) is 40.7 Å². The number of fused-ring (bicyclic) bond motifs is 2. The molecule has 3 amide bonds. The fraction of sp³-hybridized carbons (Fsp3) is 0.341. The van der Waals surface area contributed by atoms with E-state index >= 15 is 8.78 Å². The molecular formula is C44H43F3N8O7S. The van der Waals surface area contributed by atoms with Gasteiger partial charge in [0.25, 0.3) is 5.91 Å². The monoisotopic (exact) mass is 884 g/mol. The predicted octanol–water partition coefficient (Wildman–Crippen LogP) is 4.45. The van der Waals surface area contributed by atoms with Crippen molar-refractivity contribution in [2.75, 3.05) is 55.4 Å². The number of nitrogens with one attached hydrogen (secondary N) is 3. The van der Waals surface area contributed by atoms with E-state index in [2.05, 4.69) is 25.1 Å². The second-order valence-electron chi connectivity index (χ2n) is 16.3.